The van der Waals surface area contributed by atoms with Crippen LogP contribution in [0.25, 0.3) is 22.9 Å². The van der Waals surface area contributed by atoms with E-state index in [9.17, 15) is 8.78 Å². The van der Waals surface area contributed by atoms with Gasteiger partial charge in [0.15, 0.2) is 0 Å². The van der Waals surface area contributed by atoms with Crippen molar-refractivity contribution < 1.29 is 17.9 Å². The van der Waals surface area contributed by atoms with Crippen LogP contribution in [0.4, 0.5) is 8.78 Å². The second-order valence-corrected chi connectivity index (χ2v) is 4.97. The van der Waals surface area contributed by atoms with Crippen LogP contribution in [0.5, 0.6) is 5.88 Å². The molecule has 0 aliphatic carbocycles. The third-order valence-electron chi connectivity index (χ3n) is 3.26. The largest absolute Gasteiger partial charge is 0.481 e. The maximum absolute atomic E-state index is 13.2. The van der Waals surface area contributed by atoms with Crippen LogP contribution in [-0.4, -0.2) is 22.3 Å². The molecule has 3 aromatic rings. The summed E-state index contributed by atoms with van der Waals surface area (Å²) in [4.78, 5) is 4.06. The average Bonchev–Trinajstić information content (AvgIpc) is 3.04. The van der Waals surface area contributed by atoms with E-state index in [-0.39, 0.29) is 11.5 Å². The Morgan fingerprint density at radius 1 is 0.957 bits per heavy atom. The first-order valence-corrected chi connectivity index (χ1v) is 6.80. The summed E-state index contributed by atoms with van der Waals surface area (Å²) < 4.78 is 37.0. The Hall–Kier alpha value is -2.83. The van der Waals surface area contributed by atoms with E-state index in [2.05, 4.69) is 15.2 Å². The third kappa shape index (κ3) is 3.18. The highest BCUT2D eigenvalue weighted by Gasteiger charge is 2.24. The molecule has 0 unspecified atom stereocenters. The fraction of sp³-hybridized carbons (Fsp3) is 0.188. The zero-order valence-corrected chi connectivity index (χ0v) is 12.5. The number of benzene rings is 1. The number of ether oxygens (including phenoxy) is 1. The number of methoxy groups -OCH3 is 1. The van der Waals surface area contributed by atoms with Gasteiger partial charge in [-0.3, -0.25) is 0 Å². The Kier molecular flexibility index (Phi) is 3.77. The molecule has 0 fully saturated rings. The first-order valence-electron chi connectivity index (χ1n) is 6.80. The summed E-state index contributed by atoms with van der Waals surface area (Å²) in [5.41, 5.74) is 1.14. The smallest absolute Gasteiger partial charge is 0.270 e. The molecular weight excluding hydrogens is 304 g/mol. The second-order valence-electron chi connectivity index (χ2n) is 4.97. The lowest BCUT2D eigenvalue weighted by Gasteiger charge is -2.09. The molecule has 0 spiro atoms. The van der Waals surface area contributed by atoms with Gasteiger partial charge >= 0.3 is 0 Å². The number of halogens is 2. The van der Waals surface area contributed by atoms with E-state index in [1.165, 1.54) is 31.4 Å². The van der Waals surface area contributed by atoms with Crippen LogP contribution in [0, 0.1) is 0 Å². The van der Waals surface area contributed by atoms with E-state index in [4.69, 9.17) is 9.15 Å². The predicted octanol–water partition coefficient (Wildman–Crippen LogP) is 3.92. The fourth-order valence-electron chi connectivity index (χ4n) is 1.99. The quantitative estimate of drug-likeness (QED) is 0.730. The standard InChI is InChI=1S/C16H13F2N3O2/c1-16(17,18)12-6-3-10(4-7-12)14-20-21-15(23-14)11-5-8-13(22-2)19-9-11/h3-9H,1-2H3. The van der Waals surface area contributed by atoms with Crippen molar-refractivity contribution in [2.24, 2.45) is 0 Å². The van der Waals surface area contributed by atoms with Gasteiger partial charge in [-0.15, -0.1) is 10.2 Å². The third-order valence-corrected chi connectivity index (χ3v) is 3.26. The summed E-state index contributed by atoms with van der Waals surface area (Å²) in [6.45, 7) is 0.851. The summed E-state index contributed by atoms with van der Waals surface area (Å²) in [6.07, 6.45) is 1.55. The van der Waals surface area contributed by atoms with Gasteiger partial charge in [0.25, 0.3) is 5.92 Å². The average molecular weight is 317 g/mol. The first-order chi connectivity index (χ1) is 11.0. The van der Waals surface area contributed by atoms with E-state index in [1.807, 2.05) is 0 Å². The molecule has 0 N–H and O–H groups in total. The molecule has 23 heavy (non-hydrogen) atoms. The molecule has 0 aliphatic rings. The van der Waals surface area contributed by atoms with Gasteiger partial charge in [-0.2, -0.15) is 0 Å². The van der Waals surface area contributed by atoms with Crippen molar-refractivity contribution in [2.45, 2.75) is 12.8 Å². The van der Waals surface area contributed by atoms with Gasteiger partial charge in [-0.1, -0.05) is 12.1 Å². The Labute approximate surface area is 131 Å². The minimum absolute atomic E-state index is 0.0691. The number of pyridine rings is 1. The highest BCUT2D eigenvalue weighted by Crippen LogP contribution is 2.29. The molecule has 5 nitrogen and oxygen atoms in total. The van der Waals surface area contributed by atoms with Gasteiger partial charge in [0.2, 0.25) is 17.7 Å². The number of rotatable bonds is 4. The lowest BCUT2D eigenvalue weighted by Crippen LogP contribution is -2.06. The van der Waals surface area contributed by atoms with Crippen LogP contribution in [-0.2, 0) is 5.92 Å². The summed E-state index contributed by atoms with van der Waals surface area (Å²) in [7, 11) is 1.52. The van der Waals surface area contributed by atoms with Crippen molar-refractivity contribution in [3.05, 3.63) is 48.2 Å². The van der Waals surface area contributed by atoms with Crippen molar-refractivity contribution in [1.29, 1.82) is 0 Å². The van der Waals surface area contributed by atoms with Crippen LogP contribution in [0.3, 0.4) is 0 Å². The summed E-state index contributed by atoms with van der Waals surface area (Å²) in [6, 6.07) is 9.15. The Morgan fingerprint density at radius 3 is 2.09 bits per heavy atom. The Bertz CT molecular complexity index is 793. The van der Waals surface area contributed by atoms with E-state index in [0.29, 0.717) is 22.9 Å². The molecule has 2 heterocycles. The maximum atomic E-state index is 13.2. The Morgan fingerprint density at radius 2 is 1.57 bits per heavy atom. The monoisotopic (exact) mass is 317 g/mol. The minimum Gasteiger partial charge on any atom is -0.481 e. The zero-order chi connectivity index (χ0) is 16.4. The molecule has 7 heteroatoms. The van der Waals surface area contributed by atoms with E-state index < -0.39 is 5.92 Å². The first kappa shape index (κ1) is 15.1. The molecule has 3 rings (SSSR count). The summed E-state index contributed by atoms with van der Waals surface area (Å²) in [5, 5.41) is 7.88. The van der Waals surface area contributed by atoms with Crippen LogP contribution < -0.4 is 4.74 Å². The molecule has 0 atom stereocenters. The van der Waals surface area contributed by atoms with Gasteiger partial charge < -0.3 is 9.15 Å². The lowest BCUT2D eigenvalue weighted by atomic mass is 10.1. The van der Waals surface area contributed by atoms with Crippen LogP contribution >= 0.6 is 0 Å². The van der Waals surface area contributed by atoms with Crippen molar-refractivity contribution >= 4 is 0 Å². The van der Waals surface area contributed by atoms with Gasteiger partial charge in [-0.25, -0.2) is 13.8 Å². The predicted molar refractivity (Wildman–Crippen MR) is 79.1 cm³/mol. The van der Waals surface area contributed by atoms with Gasteiger partial charge in [-0.05, 0) is 18.2 Å². The summed E-state index contributed by atoms with van der Waals surface area (Å²) >= 11 is 0. The molecule has 118 valence electrons. The van der Waals surface area contributed by atoms with Crippen molar-refractivity contribution in [3.63, 3.8) is 0 Å². The maximum Gasteiger partial charge on any atom is 0.270 e. The second kappa shape index (κ2) is 5.75. The van der Waals surface area contributed by atoms with Crippen LogP contribution in [0.2, 0.25) is 0 Å². The SMILES string of the molecule is COc1ccc(-c2nnc(-c3ccc(C(C)(F)F)cc3)o2)cn1. The van der Waals surface area contributed by atoms with Crippen LogP contribution in [0.1, 0.15) is 12.5 Å². The molecule has 0 saturated heterocycles. The van der Waals surface area contributed by atoms with Gasteiger partial charge in [0.05, 0.1) is 12.7 Å². The number of hydrogen-bond acceptors (Lipinski definition) is 5. The number of hydrogen-bond donors (Lipinski definition) is 0. The molecule has 2 aromatic heterocycles. The molecule has 0 bridgehead atoms. The van der Waals surface area contributed by atoms with Crippen molar-refractivity contribution in [3.8, 4) is 28.8 Å². The normalized spacial score (nSPS) is 11.5. The minimum atomic E-state index is -2.88. The molecule has 0 saturated carbocycles. The number of alkyl halides is 2. The Balaban J connectivity index is 1.86. The zero-order valence-electron chi connectivity index (χ0n) is 12.5. The van der Waals surface area contributed by atoms with E-state index in [1.54, 1.807) is 18.3 Å². The highest BCUT2D eigenvalue weighted by atomic mass is 19.3. The van der Waals surface area contributed by atoms with E-state index in [0.717, 1.165) is 6.92 Å². The lowest BCUT2D eigenvalue weighted by molar-refractivity contribution is 0.0175. The van der Waals surface area contributed by atoms with Crippen LogP contribution in [0.15, 0.2) is 47.0 Å². The highest BCUT2D eigenvalue weighted by molar-refractivity contribution is 5.57. The molecule has 0 radical (unpaired) electrons. The van der Waals surface area contributed by atoms with E-state index >= 15 is 0 Å². The molecule has 0 aliphatic heterocycles. The fourth-order valence-corrected chi connectivity index (χ4v) is 1.99. The van der Waals surface area contributed by atoms with Gasteiger partial charge in [0.1, 0.15) is 0 Å². The number of nitrogens with zero attached hydrogens (tertiary/aromatic N) is 3. The van der Waals surface area contributed by atoms with Crippen molar-refractivity contribution in [1.82, 2.24) is 15.2 Å². The molecular formula is C16H13F2N3O2. The molecule has 0 amide bonds. The van der Waals surface area contributed by atoms with Gasteiger partial charge in [0, 0.05) is 30.3 Å². The van der Waals surface area contributed by atoms with Crippen molar-refractivity contribution in [2.75, 3.05) is 7.11 Å². The number of aromatic nitrogens is 3. The molecule has 1 aromatic carbocycles. The topological polar surface area (TPSA) is 61.0 Å². The summed E-state index contributed by atoms with van der Waals surface area (Å²) in [5.74, 6) is -1.86.